The van der Waals surface area contributed by atoms with Gasteiger partial charge >= 0.3 is 5.97 Å². The lowest BCUT2D eigenvalue weighted by atomic mass is 10.0. The maximum atomic E-state index is 14.0. The zero-order valence-electron chi connectivity index (χ0n) is 23.5. The van der Waals surface area contributed by atoms with E-state index in [1.165, 1.54) is 15.9 Å². The lowest BCUT2D eigenvalue weighted by Gasteiger charge is -2.22. The van der Waals surface area contributed by atoms with E-state index in [0.29, 0.717) is 38.9 Å². The Hall–Kier alpha value is -4.47. The van der Waals surface area contributed by atoms with Crippen LogP contribution in [0, 0.1) is 0 Å². The zero-order chi connectivity index (χ0) is 29.9. The fourth-order valence-corrected chi connectivity index (χ4v) is 6.23. The van der Waals surface area contributed by atoms with E-state index in [-0.39, 0.29) is 17.7 Å². The highest BCUT2D eigenvalue weighted by Crippen LogP contribution is 2.34. The Morgan fingerprint density at radius 3 is 2.60 bits per heavy atom. The van der Waals surface area contributed by atoms with Gasteiger partial charge in [-0.15, -0.1) is 0 Å². The highest BCUT2D eigenvalue weighted by atomic mass is 79.9. The van der Waals surface area contributed by atoms with Gasteiger partial charge in [0.1, 0.15) is 29.9 Å². The Balaban J connectivity index is 1.40. The minimum atomic E-state index is -0.831. The third kappa shape index (κ3) is 6.04. The van der Waals surface area contributed by atoms with E-state index >= 15 is 0 Å². The van der Waals surface area contributed by atoms with Gasteiger partial charge in [0, 0.05) is 10.0 Å². The van der Waals surface area contributed by atoms with E-state index in [2.05, 4.69) is 20.9 Å². The first-order valence-corrected chi connectivity index (χ1v) is 15.3. The second-order valence-corrected chi connectivity index (χ2v) is 11.8. The molecule has 0 amide bonds. The number of rotatable bonds is 8. The molecule has 0 N–H and O–H groups in total. The predicted octanol–water partition coefficient (Wildman–Crippen LogP) is 6.40. The number of nitrogens with zero attached hydrogens (tertiary/aromatic N) is 2. The fourth-order valence-electron chi connectivity index (χ4n) is 4.92. The lowest BCUT2D eigenvalue weighted by Crippen LogP contribution is -2.39. The van der Waals surface area contributed by atoms with Crippen molar-refractivity contribution in [2.45, 2.75) is 26.5 Å². The van der Waals surface area contributed by atoms with Crippen LogP contribution in [-0.2, 0) is 16.1 Å². The number of carbonyl (C=O) groups is 1. The Morgan fingerprint density at radius 2 is 1.84 bits per heavy atom. The second-order valence-electron chi connectivity index (χ2n) is 9.86. The molecule has 0 aliphatic carbocycles. The first-order chi connectivity index (χ1) is 20.9. The van der Waals surface area contributed by atoms with Gasteiger partial charge in [-0.3, -0.25) is 9.36 Å². The van der Waals surface area contributed by atoms with Crippen LogP contribution in [0.1, 0.15) is 36.8 Å². The van der Waals surface area contributed by atoms with E-state index in [1.54, 1.807) is 19.9 Å². The van der Waals surface area contributed by atoms with Crippen molar-refractivity contribution in [1.29, 1.82) is 0 Å². The van der Waals surface area contributed by atoms with Gasteiger partial charge in [0.25, 0.3) is 5.56 Å². The van der Waals surface area contributed by atoms with E-state index in [0.717, 1.165) is 21.2 Å². The van der Waals surface area contributed by atoms with Crippen LogP contribution < -0.4 is 19.6 Å². The number of benzene rings is 3. The summed E-state index contributed by atoms with van der Waals surface area (Å²) in [6.45, 7) is 4.13. The first-order valence-electron chi connectivity index (χ1n) is 13.7. The number of hydrogen-bond donors (Lipinski definition) is 0. The van der Waals surface area contributed by atoms with Gasteiger partial charge in [-0.2, -0.15) is 0 Å². The maximum absolute atomic E-state index is 14.0. The van der Waals surface area contributed by atoms with Crippen LogP contribution in [0.3, 0.4) is 0 Å². The van der Waals surface area contributed by atoms with Crippen molar-refractivity contribution in [2.75, 3.05) is 6.61 Å². The Kier molecular flexibility index (Phi) is 8.26. The predicted molar refractivity (Wildman–Crippen MR) is 169 cm³/mol. The van der Waals surface area contributed by atoms with Crippen LogP contribution in [0.5, 0.6) is 5.75 Å². The molecule has 1 atom stereocenters. The molecule has 3 aromatic carbocycles. The molecular formula is C34H27BrN2O5S. The molecule has 0 unspecified atom stereocenters. The molecule has 0 bridgehead atoms. The van der Waals surface area contributed by atoms with E-state index in [1.807, 2.05) is 91.0 Å². The summed E-state index contributed by atoms with van der Waals surface area (Å²) in [6, 6.07) is 28.0. The highest BCUT2D eigenvalue weighted by molar-refractivity contribution is 9.10. The van der Waals surface area contributed by atoms with Gasteiger partial charge in [-0.05, 0) is 67.4 Å². The summed E-state index contributed by atoms with van der Waals surface area (Å²) in [7, 11) is 0. The number of halogens is 1. The average molecular weight is 656 g/mol. The number of ether oxygens (including phenoxy) is 2. The quantitative estimate of drug-likeness (QED) is 0.181. The molecule has 0 spiro atoms. The number of thiazole rings is 1. The number of allylic oxidation sites excluding steroid dienone is 1. The smallest absolute Gasteiger partial charge is 0.338 e. The summed E-state index contributed by atoms with van der Waals surface area (Å²) < 4.78 is 20.6. The number of furan rings is 1. The molecule has 3 heterocycles. The minimum Gasteiger partial charge on any atom is -0.489 e. The van der Waals surface area contributed by atoms with Crippen molar-refractivity contribution < 1.29 is 18.7 Å². The SMILES string of the molecule is CCOC(=O)C1=C(C)N=c2s/c(=C\c3cccc(OCc4ccccc4)c3)c(=O)n2[C@H]1c1ccc(-c2ccc(Br)cc2)o1. The van der Waals surface area contributed by atoms with Crippen LogP contribution >= 0.6 is 27.3 Å². The van der Waals surface area contributed by atoms with Gasteiger partial charge in [0.15, 0.2) is 4.80 Å². The van der Waals surface area contributed by atoms with Gasteiger partial charge in [0.2, 0.25) is 0 Å². The number of carbonyl (C=O) groups excluding carboxylic acids is 1. The standard InChI is InChI=1S/C34H27BrN2O5S/c1-3-40-33(39)30-21(2)36-34-37(31(30)28-17-16-27(42-28)24-12-14-25(35)15-13-24)32(38)29(43-34)19-23-10-7-11-26(18-23)41-20-22-8-5-4-6-9-22/h4-19,31H,3,20H2,1-2H3/b29-19-/t31-/m0/s1. The van der Waals surface area contributed by atoms with Crippen LogP contribution in [0.4, 0.5) is 0 Å². The summed E-state index contributed by atoms with van der Waals surface area (Å²) >= 11 is 4.72. The molecule has 216 valence electrons. The topological polar surface area (TPSA) is 83.0 Å². The monoisotopic (exact) mass is 654 g/mol. The maximum Gasteiger partial charge on any atom is 0.338 e. The Bertz CT molecular complexity index is 2010. The summed E-state index contributed by atoms with van der Waals surface area (Å²) in [4.78, 5) is 32.3. The van der Waals surface area contributed by atoms with Gasteiger partial charge in [-0.25, -0.2) is 9.79 Å². The molecule has 1 aliphatic heterocycles. The number of aromatic nitrogens is 1. The van der Waals surface area contributed by atoms with Crippen molar-refractivity contribution >= 4 is 39.3 Å². The van der Waals surface area contributed by atoms with Crippen LogP contribution in [0.2, 0.25) is 0 Å². The summed E-state index contributed by atoms with van der Waals surface area (Å²) in [5, 5.41) is 0. The molecule has 0 radical (unpaired) electrons. The Labute approximate surface area is 260 Å². The van der Waals surface area contributed by atoms with Crippen molar-refractivity contribution in [1.82, 2.24) is 4.57 Å². The van der Waals surface area contributed by atoms with E-state index in [4.69, 9.17) is 13.9 Å². The van der Waals surface area contributed by atoms with Crippen molar-refractivity contribution in [3.05, 3.63) is 143 Å². The zero-order valence-corrected chi connectivity index (χ0v) is 25.9. The lowest BCUT2D eigenvalue weighted by molar-refractivity contribution is -0.139. The minimum absolute atomic E-state index is 0.192. The summed E-state index contributed by atoms with van der Waals surface area (Å²) in [5.41, 5.74) is 3.22. The number of fused-ring (bicyclic) bond motifs is 1. The average Bonchev–Trinajstić information content (AvgIpc) is 3.61. The molecule has 6 rings (SSSR count). The number of hydrogen-bond acceptors (Lipinski definition) is 7. The van der Waals surface area contributed by atoms with Crippen molar-refractivity contribution in [2.24, 2.45) is 4.99 Å². The fraction of sp³-hybridized carbons (Fsp3) is 0.147. The molecule has 9 heteroatoms. The van der Waals surface area contributed by atoms with Crippen molar-refractivity contribution in [3.8, 4) is 17.1 Å². The third-order valence-electron chi connectivity index (χ3n) is 6.95. The highest BCUT2D eigenvalue weighted by Gasteiger charge is 2.35. The summed E-state index contributed by atoms with van der Waals surface area (Å²) in [5.74, 6) is 1.22. The molecule has 2 aromatic heterocycles. The number of esters is 1. The molecule has 0 fully saturated rings. The molecule has 0 saturated carbocycles. The largest absolute Gasteiger partial charge is 0.489 e. The molecule has 5 aromatic rings. The van der Waals surface area contributed by atoms with Gasteiger partial charge in [-0.1, -0.05) is 81.9 Å². The molecule has 1 aliphatic rings. The van der Waals surface area contributed by atoms with Gasteiger partial charge < -0.3 is 13.9 Å². The van der Waals surface area contributed by atoms with Crippen LogP contribution in [-0.4, -0.2) is 17.1 Å². The van der Waals surface area contributed by atoms with Crippen LogP contribution in [0.25, 0.3) is 17.4 Å². The third-order valence-corrected chi connectivity index (χ3v) is 8.46. The van der Waals surface area contributed by atoms with Gasteiger partial charge in [0.05, 0.1) is 22.4 Å². The van der Waals surface area contributed by atoms with E-state index in [9.17, 15) is 9.59 Å². The summed E-state index contributed by atoms with van der Waals surface area (Å²) in [6.07, 6.45) is 1.81. The Morgan fingerprint density at radius 1 is 1.05 bits per heavy atom. The van der Waals surface area contributed by atoms with E-state index < -0.39 is 12.0 Å². The molecule has 7 nitrogen and oxygen atoms in total. The second kappa shape index (κ2) is 12.4. The van der Waals surface area contributed by atoms with Crippen molar-refractivity contribution in [3.63, 3.8) is 0 Å². The first kappa shape index (κ1) is 28.6. The molecule has 43 heavy (non-hydrogen) atoms. The van der Waals surface area contributed by atoms with Crippen LogP contribution in [0.15, 0.2) is 121 Å². The molecular weight excluding hydrogens is 628 g/mol. The normalized spacial score (nSPS) is 14.8. The molecule has 0 saturated heterocycles.